The molecule has 0 aliphatic heterocycles. The van der Waals surface area contributed by atoms with E-state index in [2.05, 4.69) is 42.4 Å². The summed E-state index contributed by atoms with van der Waals surface area (Å²) in [5.74, 6) is 0. The molecule has 1 aromatic rings. The Kier molecular flexibility index (Phi) is 7.16. The van der Waals surface area contributed by atoms with Crippen LogP contribution in [0.3, 0.4) is 0 Å². The van der Waals surface area contributed by atoms with Crippen LogP contribution in [0.1, 0.15) is 50.7 Å². The zero-order chi connectivity index (χ0) is 13.2. The van der Waals surface area contributed by atoms with Gasteiger partial charge in [0, 0.05) is 7.05 Å². The molecule has 2 heteroatoms. The number of hydrogen-bond acceptors (Lipinski definition) is 1. The fourth-order valence-electron chi connectivity index (χ4n) is 2.08. The van der Waals surface area contributed by atoms with E-state index in [0.717, 1.165) is 12.8 Å². The molecular formula is C16H26N2. The van der Waals surface area contributed by atoms with Gasteiger partial charge in [-0.25, -0.2) is 4.99 Å². The molecule has 0 aliphatic carbocycles. The minimum absolute atomic E-state index is 1.13. The van der Waals surface area contributed by atoms with Crippen LogP contribution < -0.4 is 5.32 Å². The van der Waals surface area contributed by atoms with E-state index in [9.17, 15) is 0 Å². The monoisotopic (exact) mass is 246 g/mol. The van der Waals surface area contributed by atoms with Gasteiger partial charge < -0.3 is 5.32 Å². The first-order valence-corrected chi connectivity index (χ1v) is 7.14. The van der Waals surface area contributed by atoms with E-state index in [1.807, 2.05) is 7.05 Å². The van der Waals surface area contributed by atoms with Gasteiger partial charge in [0.15, 0.2) is 0 Å². The van der Waals surface area contributed by atoms with Crippen LogP contribution in [-0.2, 0) is 12.8 Å². The van der Waals surface area contributed by atoms with E-state index in [1.54, 1.807) is 6.34 Å². The van der Waals surface area contributed by atoms with E-state index in [1.165, 1.54) is 42.5 Å². The fourth-order valence-corrected chi connectivity index (χ4v) is 2.08. The molecule has 0 fully saturated rings. The van der Waals surface area contributed by atoms with Gasteiger partial charge in [-0.3, -0.25) is 0 Å². The quantitative estimate of drug-likeness (QED) is 0.538. The third-order valence-electron chi connectivity index (χ3n) is 3.13. The molecule has 0 spiro atoms. The number of aliphatic imine (C=N–C) groups is 1. The molecule has 2 nitrogen and oxygen atoms in total. The summed E-state index contributed by atoms with van der Waals surface area (Å²) in [6.07, 6.45) is 8.99. The predicted molar refractivity (Wildman–Crippen MR) is 80.9 cm³/mol. The van der Waals surface area contributed by atoms with Crippen LogP contribution >= 0.6 is 0 Å². The smallest absolute Gasteiger partial charge is 0.0883 e. The summed E-state index contributed by atoms with van der Waals surface area (Å²) in [7, 11) is 1.89. The second kappa shape index (κ2) is 8.73. The SMILES string of the molecule is CCCCc1cccc(CCCC)c1N=CNC. The average Bonchev–Trinajstić information content (AvgIpc) is 2.41. The minimum atomic E-state index is 1.13. The van der Waals surface area contributed by atoms with Crippen molar-refractivity contribution < 1.29 is 0 Å². The summed E-state index contributed by atoms with van der Waals surface area (Å²) in [5, 5.41) is 2.99. The Labute approximate surface area is 112 Å². The Morgan fingerprint density at radius 3 is 2.06 bits per heavy atom. The minimum Gasteiger partial charge on any atom is -0.379 e. The Hall–Kier alpha value is -1.31. The Bertz CT molecular complexity index is 343. The molecule has 0 atom stereocenters. The molecule has 0 saturated carbocycles. The number of benzene rings is 1. The van der Waals surface area contributed by atoms with Crippen molar-refractivity contribution in [3.05, 3.63) is 29.3 Å². The Balaban J connectivity index is 2.96. The van der Waals surface area contributed by atoms with Crippen molar-refractivity contribution >= 4 is 12.0 Å². The standard InChI is InChI=1S/C16H26N2/c1-4-6-9-14-11-8-12-15(10-7-5-2)16(14)18-13-17-3/h8,11-13H,4-7,9-10H2,1-3H3,(H,17,18). The summed E-state index contributed by atoms with van der Waals surface area (Å²) in [6, 6.07) is 6.61. The van der Waals surface area contributed by atoms with Gasteiger partial charge >= 0.3 is 0 Å². The molecule has 0 aliphatic rings. The second-order valence-electron chi connectivity index (χ2n) is 4.68. The average molecular weight is 246 g/mol. The number of aryl methyl sites for hydroxylation is 2. The number of para-hydroxylation sites is 1. The number of rotatable bonds is 8. The van der Waals surface area contributed by atoms with Crippen molar-refractivity contribution in [1.29, 1.82) is 0 Å². The molecule has 0 bridgehead atoms. The molecule has 0 saturated heterocycles. The van der Waals surface area contributed by atoms with Gasteiger partial charge in [-0.1, -0.05) is 44.9 Å². The second-order valence-corrected chi connectivity index (χ2v) is 4.68. The first-order valence-electron chi connectivity index (χ1n) is 7.14. The lowest BCUT2D eigenvalue weighted by atomic mass is 9.99. The lowest BCUT2D eigenvalue weighted by Crippen LogP contribution is -2.01. The van der Waals surface area contributed by atoms with Crippen LogP contribution in [-0.4, -0.2) is 13.4 Å². The first-order chi connectivity index (χ1) is 8.83. The van der Waals surface area contributed by atoms with Crippen LogP contribution in [0.5, 0.6) is 0 Å². The molecule has 0 heterocycles. The fraction of sp³-hybridized carbons (Fsp3) is 0.562. The normalized spacial score (nSPS) is 11.1. The van der Waals surface area contributed by atoms with E-state index >= 15 is 0 Å². The molecule has 1 aromatic carbocycles. The topological polar surface area (TPSA) is 24.4 Å². The molecule has 1 rings (SSSR count). The van der Waals surface area contributed by atoms with Crippen molar-refractivity contribution in [3.63, 3.8) is 0 Å². The van der Waals surface area contributed by atoms with Crippen molar-refractivity contribution in [3.8, 4) is 0 Å². The summed E-state index contributed by atoms with van der Waals surface area (Å²) in [4.78, 5) is 4.59. The summed E-state index contributed by atoms with van der Waals surface area (Å²) in [6.45, 7) is 4.47. The molecule has 1 N–H and O–H groups in total. The Morgan fingerprint density at radius 2 is 1.61 bits per heavy atom. The molecule has 0 unspecified atom stereocenters. The molecule has 0 amide bonds. The molecule has 0 aromatic heterocycles. The maximum atomic E-state index is 4.59. The van der Waals surface area contributed by atoms with Crippen LogP contribution in [0.4, 0.5) is 5.69 Å². The molecule has 18 heavy (non-hydrogen) atoms. The van der Waals surface area contributed by atoms with E-state index in [4.69, 9.17) is 0 Å². The first kappa shape index (κ1) is 14.7. The lowest BCUT2D eigenvalue weighted by Gasteiger charge is -2.11. The summed E-state index contributed by atoms with van der Waals surface area (Å²) >= 11 is 0. The van der Waals surface area contributed by atoms with Crippen molar-refractivity contribution in [1.82, 2.24) is 5.32 Å². The number of nitrogens with zero attached hydrogens (tertiary/aromatic N) is 1. The zero-order valence-electron chi connectivity index (χ0n) is 12.0. The molecule has 100 valence electrons. The van der Waals surface area contributed by atoms with Crippen LogP contribution in [0.25, 0.3) is 0 Å². The molecule has 0 radical (unpaired) electrons. The van der Waals surface area contributed by atoms with Crippen molar-refractivity contribution in [2.75, 3.05) is 7.05 Å². The van der Waals surface area contributed by atoms with E-state index in [-0.39, 0.29) is 0 Å². The zero-order valence-corrected chi connectivity index (χ0v) is 12.0. The van der Waals surface area contributed by atoms with Crippen LogP contribution in [0.15, 0.2) is 23.2 Å². The summed E-state index contributed by atoms with van der Waals surface area (Å²) < 4.78 is 0. The predicted octanol–water partition coefficient (Wildman–Crippen LogP) is 4.25. The highest BCUT2D eigenvalue weighted by atomic mass is 14.9. The Morgan fingerprint density at radius 1 is 1.06 bits per heavy atom. The third-order valence-corrected chi connectivity index (χ3v) is 3.13. The third kappa shape index (κ3) is 4.52. The number of nitrogens with one attached hydrogen (secondary N) is 1. The van der Waals surface area contributed by atoms with Crippen molar-refractivity contribution in [2.24, 2.45) is 4.99 Å². The van der Waals surface area contributed by atoms with Gasteiger partial charge in [0.05, 0.1) is 12.0 Å². The largest absolute Gasteiger partial charge is 0.379 e. The highest BCUT2D eigenvalue weighted by Gasteiger charge is 2.06. The molecular weight excluding hydrogens is 220 g/mol. The van der Waals surface area contributed by atoms with Gasteiger partial charge in [-0.05, 0) is 36.8 Å². The van der Waals surface area contributed by atoms with Crippen LogP contribution in [0.2, 0.25) is 0 Å². The van der Waals surface area contributed by atoms with E-state index in [0.29, 0.717) is 0 Å². The van der Waals surface area contributed by atoms with Gasteiger partial charge in [0.1, 0.15) is 0 Å². The lowest BCUT2D eigenvalue weighted by molar-refractivity contribution is 0.781. The van der Waals surface area contributed by atoms with Crippen LogP contribution in [0, 0.1) is 0 Å². The van der Waals surface area contributed by atoms with Gasteiger partial charge in [0.2, 0.25) is 0 Å². The highest BCUT2D eigenvalue weighted by Crippen LogP contribution is 2.27. The van der Waals surface area contributed by atoms with Gasteiger partial charge in [-0.2, -0.15) is 0 Å². The van der Waals surface area contributed by atoms with Gasteiger partial charge in [0.25, 0.3) is 0 Å². The summed E-state index contributed by atoms with van der Waals surface area (Å²) in [5.41, 5.74) is 3.96. The maximum Gasteiger partial charge on any atom is 0.0883 e. The number of hydrogen-bond donors (Lipinski definition) is 1. The maximum absolute atomic E-state index is 4.59. The van der Waals surface area contributed by atoms with E-state index < -0.39 is 0 Å². The number of unbranched alkanes of at least 4 members (excludes halogenated alkanes) is 2. The van der Waals surface area contributed by atoms with Gasteiger partial charge in [-0.15, -0.1) is 0 Å². The highest BCUT2D eigenvalue weighted by molar-refractivity contribution is 5.65. The van der Waals surface area contributed by atoms with Crippen molar-refractivity contribution in [2.45, 2.75) is 52.4 Å².